The Hall–Kier alpha value is -1.02. The van der Waals surface area contributed by atoms with Gasteiger partial charge in [-0.1, -0.05) is 6.07 Å². The molecule has 0 aliphatic carbocycles. The molecule has 1 aromatic carbocycles. The van der Waals surface area contributed by atoms with Crippen molar-refractivity contribution in [2.24, 2.45) is 0 Å². The molecule has 0 aliphatic rings. The number of aryl methyl sites for hydroxylation is 2. The smallest absolute Gasteiger partial charge is 0.188 e. The molecule has 0 aromatic heterocycles. The van der Waals surface area contributed by atoms with Gasteiger partial charge in [-0.05, 0) is 37.1 Å². The molecule has 2 heteroatoms. The zero-order chi connectivity index (χ0) is 8.97. The molecule has 66 valence electrons. The van der Waals surface area contributed by atoms with Gasteiger partial charge in [0.25, 0.3) is 0 Å². The minimum absolute atomic E-state index is 0.308. The number of hydrogen-bond donors (Lipinski definition) is 0. The normalized spacial score (nSPS) is 9.92. The average Bonchev–Trinajstić information content (AvgIpc) is 2.07. The second-order valence-corrected chi connectivity index (χ2v) is 2.80. The molecule has 0 N–H and O–H groups in total. The highest BCUT2D eigenvalue weighted by atomic mass is 16.7. The van der Waals surface area contributed by atoms with Gasteiger partial charge in [-0.2, -0.15) is 0 Å². The van der Waals surface area contributed by atoms with Gasteiger partial charge < -0.3 is 9.47 Å². The van der Waals surface area contributed by atoms with Crippen LogP contribution in [-0.4, -0.2) is 13.9 Å². The van der Waals surface area contributed by atoms with Crippen molar-refractivity contribution < 1.29 is 9.47 Å². The molecule has 0 saturated carbocycles. The van der Waals surface area contributed by atoms with Crippen LogP contribution >= 0.6 is 0 Å². The van der Waals surface area contributed by atoms with Crippen molar-refractivity contribution in [1.29, 1.82) is 0 Å². The molecule has 2 nitrogen and oxygen atoms in total. The fourth-order valence-electron chi connectivity index (χ4n) is 0.931. The van der Waals surface area contributed by atoms with Crippen LogP contribution in [0.1, 0.15) is 11.1 Å². The van der Waals surface area contributed by atoms with E-state index in [2.05, 4.69) is 13.8 Å². The maximum Gasteiger partial charge on any atom is 0.188 e. The summed E-state index contributed by atoms with van der Waals surface area (Å²) in [5.74, 6) is 0.861. The molecular weight excluding hydrogens is 152 g/mol. The lowest BCUT2D eigenvalue weighted by Crippen LogP contribution is -1.98. The van der Waals surface area contributed by atoms with Gasteiger partial charge in [0.15, 0.2) is 6.79 Å². The summed E-state index contributed by atoms with van der Waals surface area (Å²) in [6.45, 7) is 4.45. The third-order valence-electron chi connectivity index (χ3n) is 1.82. The first kappa shape index (κ1) is 9.07. The molecule has 0 fully saturated rings. The van der Waals surface area contributed by atoms with Crippen LogP contribution in [0.2, 0.25) is 0 Å². The summed E-state index contributed by atoms with van der Waals surface area (Å²) < 4.78 is 10.1. The maximum absolute atomic E-state index is 5.27. The Bertz CT molecular complexity index is 256. The van der Waals surface area contributed by atoms with E-state index in [0.29, 0.717) is 6.79 Å². The number of rotatable bonds is 3. The van der Waals surface area contributed by atoms with Crippen molar-refractivity contribution in [2.45, 2.75) is 13.8 Å². The van der Waals surface area contributed by atoms with Gasteiger partial charge in [0, 0.05) is 7.11 Å². The van der Waals surface area contributed by atoms with E-state index in [9.17, 15) is 0 Å². The van der Waals surface area contributed by atoms with Crippen molar-refractivity contribution in [3.63, 3.8) is 0 Å². The molecule has 0 saturated heterocycles. The summed E-state index contributed by atoms with van der Waals surface area (Å²) in [6.07, 6.45) is 0. The van der Waals surface area contributed by atoms with Crippen molar-refractivity contribution in [3.8, 4) is 5.75 Å². The minimum atomic E-state index is 0.308. The monoisotopic (exact) mass is 166 g/mol. The summed E-state index contributed by atoms with van der Waals surface area (Å²) in [6, 6.07) is 6.00. The molecule has 0 radical (unpaired) electrons. The molecule has 0 unspecified atom stereocenters. The topological polar surface area (TPSA) is 18.5 Å². The lowest BCUT2D eigenvalue weighted by molar-refractivity contribution is 0.0511. The van der Waals surface area contributed by atoms with Crippen molar-refractivity contribution >= 4 is 0 Å². The average molecular weight is 166 g/mol. The predicted molar refractivity (Wildman–Crippen MR) is 48.4 cm³/mol. The third kappa shape index (κ3) is 2.24. The summed E-state index contributed by atoms with van der Waals surface area (Å²) in [5.41, 5.74) is 2.52. The maximum atomic E-state index is 5.27. The van der Waals surface area contributed by atoms with Crippen LogP contribution in [0.4, 0.5) is 0 Å². The Kier molecular flexibility index (Phi) is 3.11. The summed E-state index contributed by atoms with van der Waals surface area (Å²) >= 11 is 0. The fourth-order valence-corrected chi connectivity index (χ4v) is 0.931. The molecule has 0 bridgehead atoms. The molecule has 1 aromatic rings. The van der Waals surface area contributed by atoms with Crippen LogP contribution in [0.5, 0.6) is 5.75 Å². The van der Waals surface area contributed by atoms with E-state index < -0.39 is 0 Å². The highest BCUT2D eigenvalue weighted by molar-refractivity contribution is 5.33. The minimum Gasteiger partial charge on any atom is -0.468 e. The first-order valence-electron chi connectivity index (χ1n) is 3.93. The zero-order valence-electron chi connectivity index (χ0n) is 7.76. The van der Waals surface area contributed by atoms with Crippen molar-refractivity contribution in [3.05, 3.63) is 29.3 Å². The Morgan fingerprint density at radius 3 is 2.50 bits per heavy atom. The van der Waals surface area contributed by atoms with Gasteiger partial charge in [0.05, 0.1) is 0 Å². The Morgan fingerprint density at radius 1 is 1.17 bits per heavy atom. The molecular formula is C10H14O2. The van der Waals surface area contributed by atoms with E-state index in [1.165, 1.54) is 11.1 Å². The Balaban J connectivity index is 2.69. The second-order valence-electron chi connectivity index (χ2n) is 2.80. The second kappa shape index (κ2) is 4.12. The van der Waals surface area contributed by atoms with E-state index in [4.69, 9.17) is 9.47 Å². The van der Waals surface area contributed by atoms with E-state index >= 15 is 0 Å². The van der Waals surface area contributed by atoms with Gasteiger partial charge >= 0.3 is 0 Å². The lowest BCUT2D eigenvalue weighted by Gasteiger charge is -2.06. The largest absolute Gasteiger partial charge is 0.468 e. The fraction of sp³-hybridized carbons (Fsp3) is 0.400. The van der Waals surface area contributed by atoms with Gasteiger partial charge in [-0.15, -0.1) is 0 Å². The van der Waals surface area contributed by atoms with Crippen LogP contribution in [0, 0.1) is 13.8 Å². The number of ether oxygens (including phenoxy) is 2. The lowest BCUT2D eigenvalue weighted by atomic mass is 10.1. The quantitative estimate of drug-likeness (QED) is 0.641. The molecule has 1 rings (SSSR count). The van der Waals surface area contributed by atoms with Gasteiger partial charge in [0.2, 0.25) is 0 Å². The van der Waals surface area contributed by atoms with Crippen molar-refractivity contribution in [1.82, 2.24) is 0 Å². The van der Waals surface area contributed by atoms with Gasteiger partial charge in [-0.25, -0.2) is 0 Å². The van der Waals surface area contributed by atoms with Crippen LogP contribution in [0.15, 0.2) is 18.2 Å². The zero-order valence-corrected chi connectivity index (χ0v) is 7.76. The van der Waals surface area contributed by atoms with Gasteiger partial charge in [-0.3, -0.25) is 0 Å². The van der Waals surface area contributed by atoms with Crippen LogP contribution < -0.4 is 4.74 Å². The van der Waals surface area contributed by atoms with E-state index in [1.807, 2.05) is 18.2 Å². The highest BCUT2D eigenvalue weighted by Crippen LogP contribution is 2.15. The van der Waals surface area contributed by atoms with Gasteiger partial charge in [0.1, 0.15) is 5.75 Å². The SMILES string of the molecule is COCOc1ccc(C)c(C)c1. The third-order valence-corrected chi connectivity index (χ3v) is 1.82. The molecule has 12 heavy (non-hydrogen) atoms. The van der Waals surface area contributed by atoms with Crippen LogP contribution in [-0.2, 0) is 4.74 Å². The van der Waals surface area contributed by atoms with E-state index in [1.54, 1.807) is 7.11 Å². The first-order valence-corrected chi connectivity index (χ1v) is 3.93. The first-order chi connectivity index (χ1) is 5.74. The summed E-state index contributed by atoms with van der Waals surface area (Å²) in [5, 5.41) is 0. The summed E-state index contributed by atoms with van der Waals surface area (Å²) in [7, 11) is 1.61. The molecule has 0 spiro atoms. The number of benzene rings is 1. The number of hydrogen-bond acceptors (Lipinski definition) is 2. The van der Waals surface area contributed by atoms with Crippen LogP contribution in [0.3, 0.4) is 0 Å². The van der Waals surface area contributed by atoms with E-state index in [-0.39, 0.29) is 0 Å². The predicted octanol–water partition coefficient (Wildman–Crippen LogP) is 2.29. The van der Waals surface area contributed by atoms with Crippen LogP contribution in [0.25, 0.3) is 0 Å². The standard InChI is InChI=1S/C10H14O2/c1-8-4-5-10(6-9(8)2)12-7-11-3/h4-6H,7H2,1-3H3. The molecule has 0 heterocycles. The molecule has 0 amide bonds. The summed E-state index contributed by atoms with van der Waals surface area (Å²) in [4.78, 5) is 0. The Morgan fingerprint density at radius 2 is 1.92 bits per heavy atom. The van der Waals surface area contributed by atoms with E-state index in [0.717, 1.165) is 5.75 Å². The van der Waals surface area contributed by atoms with Crippen molar-refractivity contribution in [2.75, 3.05) is 13.9 Å². The molecule has 0 atom stereocenters. The highest BCUT2D eigenvalue weighted by Gasteiger charge is 1.95. The molecule has 0 aliphatic heterocycles. The Labute approximate surface area is 73.1 Å². The number of methoxy groups -OCH3 is 1.